The Hall–Kier alpha value is -1.85. The zero-order valence-corrected chi connectivity index (χ0v) is 10.7. The predicted octanol–water partition coefficient (Wildman–Crippen LogP) is 2.50. The molecule has 18 heavy (non-hydrogen) atoms. The van der Waals surface area contributed by atoms with Crippen molar-refractivity contribution < 1.29 is 14.6 Å². The van der Waals surface area contributed by atoms with Crippen LogP contribution in [0.15, 0.2) is 35.7 Å². The van der Waals surface area contributed by atoms with Gasteiger partial charge in [-0.05, 0) is 29.1 Å². The maximum atomic E-state index is 12.0. The van der Waals surface area contributed by atoms with Crippen molar-refractivity contribution in [2.45, 2.75) is 6.61 Å². The van der Waals surface area contributed by atoms with Crippen molar-refractivity contribution in [3.63, 3.8) is 0 Å². The quantitative estimate of drug-likeness (QED) is 0.891. The highest BCUT2D eigenvalue weighted by Gasteiger charge is 2.13. The fourth-order valence-electron chi connectivity index (χ4n) is 1.51. The summed E-state index contributed by atoms with van der Waals surface area (Å²) in [5.74, 6) is 0.378. The first-order chi connectivity index (χ1) is 8.74. The van der Waals surface area contributed by atoms with E-state index in [0.29, 0.717) is 16.3 Å². The Morgan fingerprint density at radius 2 is 2.06 bits per heavy atom. The van der Waals surface area contributed by atoms with Gasteiger partial charge >= 0.3 is 0 Å². The van der Waals surface area contributed by atoms with Crippen LogP contribution in [0, 0.1) is 0 Å². The predicted molar refractivity (Wildman–Crippen MR) is 71.2 cm³/mol. The average Bonchev–Trinajstić information content (AvgIpc) is 2.88. The van der Waals surface area contributed by atoms with Crippen molar-refractivity contribution in [3.8, 4) is 5.75 Å². The number of rotatable bonds is 4. The number of carbonyl (C=O) groups excluding carboxylic acids is 1. The molecule has 1 aromatic heterocycles. The summed E-state index contributed by atoms with van der Waals surface area (Å²) in [7, 11) is 1.54. The fraction of sp³-hybridized carbons (Fsp3) is 0.154. The minimum atomic E-state index is -0.196. The third-order valence-electron chi connectivity index (χ3n) is 2.45. The van der Waals surface area contributed by atoms with Crippen LogP contribution in [-0.2, 0) is 6.61 Å². The number of nitrogens with one attached hydrogen (secondary N) is 1. The second-order valence-corrected chi connectivity index (χ2v) is 4.54. The summed E-state index contributed by atoms with van der Waals surface area (Å²) in [5.41, 5.74) is 1.49. The fourth-order valence-corrected chi connectivity index (χ4v) is 2.26. The third-order valence-corrected chi connectivity index (χ3v) is 3.34. The van der Waals surface area contributed by atoms with Crippen LogP contribution in [-0.4, -0.2) is 18.1 Å². The van der Waals surface area contributed by atoms with Gasteiger partial charge < -0.3 is 15.2 Å². The average molecular weight is 263 g/mol. The molecule has 1 amide bonds. The van der Waals surface area contributed by atoms with E-state index in [1.54, 1.807) is 30.3 Å². The van der Waals surface area contributed by atoms with Gasteiger partial charge in [-0.3, -0.25) is 4.79 Å². The van der Waals surface area contributed by atoms with E-state index in [4.69, 9.17) is 9.84 Å². The molecule has 0 unspecified atom stereocenters. The first kappa shape index (κ1) is 12.6. The second-order valence-electron chi connectivity index (χ2n) is 3.63. The zero-order valence-electron chi connectivity index (χ0n) is 9.84. The van der Waals surface area contributed by atoms with Gasteiger partial charge in [0.2, 0.25) is 0 Å². The number of thiophene rings is 1. The summed E-state index contributed by atoms with van der Waals surface area (Å²) in [6, 6.07) is 8.80. The number of aliphatic hydroxyl groups is 1. The second kappa shape index (κ2) is 5.66. The Morgan fingerprint density at radius 3 is 2.67 bits per heavy atom. The van der Waals surface area contributed by atoms with Crippen LogP contribution in [0.1, 0.15) is 15.2 Å². The Kier molecular flexibility index (Phi) is 3.96. The molecule has 0 aliphatic rings. The topological polar surface area (TPSA) is 58.6 Å². The Morgan fingerprint density at radius 1 is 1.33 bits per heavy atom. The van der Waals surface area contributed by atoms with Crippen molar-refractivity contribution in [1.82, 2.24) is 0 Å². The van der Waals surface area contributed by atoms with Crippen LogP contribution in [0.25, 0.3) is 0 Å². The number of hydrogen-bond acceptors (Lipinski definition) is 4. The van der Waals surface area contributed by atoms with E-state index < -0.39 is 0 Å². The van der Waals surface area contributed by atoms with Gasteiger partial charge in [-0.25, -0.2) is 0 Å². The van der Waals surface area contributed by atoms with Gasteiger partial charge in [0.15, 0.2) is 0 Å². The van der Waals surface area contributed by atoms with Crippen LogP contribution >= 0.6 is 11.3 Å². The zero-order chi connectivity index (χ0) is 13.0. The Labute approximate surface area is 109 Å². The highest BCUT2D eigenvalue weighted by molar-refractivity contribution is 7.12. The maximum Gasteiger partial charge on any atom is 0.269 e. The molecule has 0 spiro atoms. The molecule has 0 fully saturated rings. The van der Waals surface area contributed by atoms with Gasteiger partial charge in [0.05, 0.1) is 13.7 Å². The van der Waals surface area contributed by atoms with E-state index in [-0.39, 0.29) is 12.5 Å². The third kappa shape index (κ3) is 2.69. The van der Waals surface area contributed by atoms with Gasteiger partial charge in [-0.15, -0.1) is 11.3 Å². The minimum Gasteiger partial charge on any atom is -0.495 e. The number of hydrogen-bond donors (Lipinski definition) is 2. The van der Waals surface area contributed by atoms with Crippen molar-refractivity contribution >= 4 is 22.9 Å². The van der Waals surface area contributed by atoms with Crippen molar-refractivity contribution in [2.75, 3.05) is 12.4 Å². The van der Waals surface area contributed by atoms with Crippen LogP contribution in [0.5, 0.6) is 5.75 Å². The van der Waals surface area contributed by atoms with Gasteiger partial charge in [0.1, 0.15) is 10.6 Å². The molecule has 94 valence electrons. The highest BCUT2D eigenvalue weighted by Crippen LogP contribution is 2.25. The van der Waals surface area contributed by atoms with E-state index in [1.807, 2.05) is 5.38 Å². The van der Waals surface area contributed by atoms with Crippen molar-refractivity contribution in [1.29, 1.82) is 0 Å². The van der Waals surface area contributed by atoms with Gasteiger partial charge in [0.25, 0.3) is 5.91 Å². The van der Waals surface area contributed by atoms with E-state index in [0.717, 1.165) is 5.56 Å². The molecule has 0 bridgehead atoms. The summed E-state index contributed by atoms with van der Waals surface area (Å²) in [4.78, 5) is 12.5. The number of methoxy groups -OCH3 is 1. The molecule has 0 radical (unpaired) electrons. The van der Waals surface area contributed by atoms with E-state index in [9.17, 15) is 4.79 Å². The SMILES string of the molecule is COc1ccsc1C(=O)Nc1ccc(CO)cc1. The molecule has 0 aliphatic carbocycles. The van der Waals surface area contributed by atoms with Crippen LogP contribution in [0.2, 0.25) is 0 Å². The minimum absolute atomic E-state index is 0.00697. The number of aliphatic hydroxyl groups excluding tert-OH is 1. The molecule has 0 saturated heterocycles. The number of carbonyl (C=O) groups is 1. The summed E-state index contributed by atoms with van der Waals surface area (Å²) in [5, 5.41) is 13.5. The monoisotopic (exact) mass is 263 g/mol. The Balaban J connectivity index is 2.11. The molecule has 1 aromatic carbocycles. The molecule has 5 heteroatoms. The maximum absolute atomic E-state index is 12.0. The van der Waals surface area contributed by atoms with E-state index in [1.165, 1.54) is 18.4 Å². The molecular formula is C13H13NO3S. The molecule has 1 heterocycles. The van der Waals surface area contributed by atoms with Crippen LogP contribution in [0.4, 0.5) is 5.69 Å². The Bertz CT molecular complexity index is 533. The molecule has 0 saturated carbocycles. The molecule has 2 rings (SSSR count). The number of amides is 1. The lowest BCUT2D eigenvalue weighted by atomic mass is 10.2. The van der Waals surface area contributed by atoms with E-state index in [2.05, 4.69) is 5.32 Å². The summed E-state index contributed by atoms with van der Waals surface area (Å²) in [6.45, 7) is -0.00697. The lowest BCUT2D eigenvalue weighted by Crippen LogP contribution is -2.11. The molecule has 4 nitrogen and oxygen atoms in total. The normalized spacial score (nSPS) is 10.1. The molecule has 0 atom stereocenters. The van der Waals surface area contributed by atoms with Crippen LogP contribution < -0.4 is 10.1 Å². The first-order valence-electron chi connectivity index (χ1n) is 5.37. The first-order valence-corrected chi connectivity index (χ1v) is 6.25. The van der Waals surface area contributed by atoms with Gasteiger partial charge in [-0.1, -0.05) is 12.1 Å². The summed E-state index contributed by atoms with van der Waals surface area (Å²) < 4.78 is 5.10. The van der Waals surface area contributed by atoms with E-state index >= 15 is 0 Å². The number of ether oxygens (including phenoxy) is 1. The molecule has 2 aromatic rings. The molecular weight excluding hydrogens is 250 g/mol. The van der Waals surface area contributed by atoms with Crippen molar-refractivity contribution in [2.24, 2.45) is 0 Å². The highest BCUT2D eigenvalue weighted by atomic mass is 32.1. The smallest absolute Gasteiger partial charge is 0.269 e. The molecule has 0 aliphatic heterocycles. The number of anilines is 1. The summed E-state index contributed by atoms with van der Waals surface area (Å²) in [6.07, 6.45) is 0. The lowest BCUT2D eigenvalue weighted by molar-refractivity contribution is 0.102. The van der Waals surface area contributed by atoms with Crippen LogP contribution in [0.3, 0.4) is 0 Å². The van der Waals surface area contributed by atoms with Crippen molar-refractivity contribution in [3.05, 3.63) is 46.2 Å². The largest absolute Gasteiger partial charge is 0.495 e. The lowest BCUT2D eigenvalue weighted by Gasteiger charge is -2.06. The standard InChI is InChI=1S/C13H13NO3S/c1-17-11-6-7-18-12(11)13(16)14-10-4-2-9(8-15)3-5-10/h2-7,15H,8H2,1H3,(H,14,16). The van der Waals surface area contributed by atoms with Gasteiger partial charge in [0, 0.05) is 5.69 Å². The number of benzene rings is 1. The summed E-state index contributed by atoms with van der Waals surface area (Å²) >= 11 is 1.33. The molecule has 2 N–H and O–H groups in total. The van der Waals surface area contributed by atoms with Gasteiger partial charge in [-0.2, -0.15) is 0 Å².